The Morgan fingerprint density at radius 3 is 0.985 bits per heavy atom. The van der Waals surface area contributed by atoms with E-state index in [9.17, 15) is 14.4 Å². The van der Waals surface area contributed by atoms with Crippen molar-refractivity contribution in [1.29, 1.82) is 0 Å². The molecular formula is C59H92O6. The number of allylic oxidation sites excluding steroid dienone is 22. The fraction of sp³-hybridized carbons (Fsp3) is 0.576. The Morgan fingerprint density at radius 2 is 0.600 bits per heavy atom. The maximum atomic E-state index is 12.8. The Labute approximate surface area is 398 Å². The molecule has 0 fully saturated rings. The van der Waals surface area contributed by atoms with Crippen molar-refractivity contribution >= 4 is 17.9 Å². The molecule has 0 heterocycles. The van der Waals surface area contributed by atoms with Crippen molar-refractivity contribution < 1.29 is 28.6 Å². The van der Waals surface area contributed by atoms with Gasteiger partial charge in [0.2, 0.25) is 0 Å². The average molecular weight is 897 g/mol. The van der Waals surface area contributed by atoms with E-state index in [1.165, 1.54) is 6.42 Å². The number of unbranched alkanes of at least 4 members (excludes halogenated alkanes) is 11. The molecule has 65 heavy (non-hydrogen) atoms. The van der Waals surface area contributed by atoms with Crippen LogP contribution in [0, 0.1) is 0 Å². The standard InChI is InChI=1S/C59H92O6/c1-4-7-10-13-16-19-22-25-26-27-28-29-30-31-32-35-37-40-43-46-49-52-58(61)64-55-56(65-59(62)53-50-47-44-41-38-34-24-21-18-15-12-9-6-3)54-63-57(60)51-48-45-42-39-36-33-23-20-17-14-11-8-5-2/h7,9-12,14,16,18-21,23,25-26,28-29,31-32,34,37-38,40,56H,4-6,8,13,15,17,22,24,27,30,33,35-36,39,41-55H2,1-3H3/b10-7-,12-9-,14-11-,19-16-,21-18-,23-20-,26-25-,29-28-,32-31-,38-34-,40-37-. The van der Waals surface area contributed by atoms with E-state index in [0.29, 0.717) is 19.3 Å². The molecule has 0 spiro atoms. The summed E-state index contributed by atoms with van der Waals surface area (Å²) in [4.78, 5) is 37.9. The van der Waals surface area contributed by atoms with Gasteiger partial charge in [-0.1, -0.05) is 187 Å². The van der Waals surface area contributed by atoms with Gasteiger partial charge in [0, 0.05) is 19.3 Å². The maximum absolute atomic E-state index is 12.8. The summed E-state index contributed by atoms with van der Waals surface area (Å²) in [6.45, 7) is 6.24. The van der Waals surface area contributed by atoms with E-state index >= 15 is 0 Å². The van der Waals surface area contributed by atoms with E-state index in [2.05, 4.69) is 154 Å². The van der Waals surface area contributed by atoms with Gasteiger partial charge in [0.15, 0.2) is 6.10 Å². The maximum Gasteiger partial charge on any atom is 0.306 e. The lowest BCUT2D eigenvalue weighted by molar-refractivity contribution is -0.167. The first-order valence-electron chi connectivity index (χ1n) is 25.7. The van der Waals surface area contributed by atoms with Gasteiger partial charge in [-0.3, -0.25) is 14.4 Å². The summed E-state index contributed by atoms with van der Waals surface area (Å²) in [5.41, 5.74) is 0. The van der Waals surface area contributed by atoms with E-state index in [4.69, 9.17) is 14.2 Å². The predicted molar refractivity (Wildman–Crippen MR) is 279 cm³/mol. The van der Waals surface area contributed by atoms with Crippen molar-refractivity contribution in [3.05, 3.63) is 134 Å². The molecule has 0 aliphatic carbocycles. The Bertz CT molecular complexity index is 1450. The number of rotatable bonds is 44. The minimum Gasteiger partial charge on any atom is -0.462 e. The summed E-state index contributed by atoms with van der Waals surface area (Å²) in [6, 6.07) is 0. The van der Waals surface area contributed by atoms with E-state index in [0.717, 1.165) is 141 Å². The fourth-order valence-corrected chi connectivity index (χ4v) is 6.32. The van der Waals surface area contributed by atoms with Crippen molar-refractivity contribution in [2.24, 2.45) is 0 Å². The third-order valence-electron chi connectivity index (χ3n) is 10.1. The summed E-state index contributed by atoms with van der Waals surface area (Å²) < 4.78 is 16.7. The molecule has 0 rings (SSSR count). The van der Waals surface area contributed by atoms with Gasteiger partial charge in [0.1, 0.15) is 13.2 Å². The average Bonchev–Trinajstić information content (AvgIpc) is 3.30. The Hall–Kier alpha value is -4.45. The number of esters is 3. The monoisotopic (exact) mass is 897 g/mol. The van der Waals surface area contributed by atoms with Gasteiger partial charge in [0.25, 0.3) is 0 Å². The molecule has 0 aromatic heterocycles. The third kappa shape index (κ3) is 50.4. The van der Waals surface area contributed by atoms with Crippen molar-refractivity contribution in [3.8, 4) is 0 Å². The highest BCUT2D eigenvalue weighted by Crippen LogP contribution is 2.12. The van der Waals surface area contributed by atoms with E-state index in [-0.39, 0.29) is 44.0 Å². The molecule has 0 N–H and O–H groups in total. The summed E-state index contributed by atoms with van der Waals surface area (Å²) in [5, 5.41) is 0. The lowest BCUT2D eigenvalue weighted by Crippen LogP contribution is -2.30. The molecule has 6 heteroatoms. The molecule has 0 aromatic rings. The molecular weight excluding hydrogens is 805 g/mol. The number of ether oxygens (including phenoxy) is 3. The first-order chi connectivity index (χ1) is 32.0. The van der Waals surface area contributed by atoms with Crippen LogP contribution in [0.15, 0.2) is 134 Å². The molecule has 0 aromatic carbocycles. The van der Waals surface area contributed by atoms with Gasteiger partial charge < -0.3 is 14.2 Å². The SMILES string of the molecule is CC/C=C\C/C=C\C/C=C\C/C=C\C/C=C\C/C=C\CCCCC(=O)OCC(COC(=O)CCCCCCC/C=C\C/C=C\CCC)OC(=O)CCCCC/C=C\C/C=C\C/C=C\CC. The normalized spacial score (nSPS) is 13.2. The van der Waals surface area contributed by atoms with Crippen LogP contribution in [0.5, 0.6) is 0 Å². The number of carbonyl (C=O) groups is 3. The smallest absolute Gasteiger partial charge is 0.306 e. The van der Waals surface area contributed by atoms with Crippen LogP contribution in [-0.4, -0.2) is 37.2 Å². The Balaban J connectivity index is 4.52. The van der Waals surface area contributed by atoms with Crippen molar-refractivity contribution in [2.45, 2.75) is 207 Å². The minimum absolute atomic E-state index is 0.116. The molecule has 0 bridgehead atoms. The second-order valence-corrected chi connectivity index (χ2v) is 16.3. The first kappa shape index (κ1) is 60.5. The van der Waals surface area contributed by atoms with E-state index < -0.39 is 6.10 Å². The Kier molecular flexibility index (Phi) is 48.6. The molecule has 0 amide bonds. The van der Waals surface area contributed by atoms with Crippen molar-refractivity contribution in [3.63, 3.8) is 0 Å². The van der Waals surface area contributed by atoms with Gasteiger partial charge >= 0.3 is 17.9 Å². The number of hydrogen-bond donors (Lipinski definition) is 0. The van der Waals surface area contributed by atoms with Crippen LogP contribution in [0.4, 0.5) is 0 Å². The Morgan fingerprint density at radius 1 is 0.323 bits per heavy atom. The quantitative estimate of drug-likeness (QED) is 0.0262. The van der Waals surface area contributed by atoms with Crippen LogP contribution in [-0.2, 0) is 28.6 Å². The van der Waals surface area contributed by atoms with Gasteiger partial charge in [-0.25, -0.2) is 0 Å². The minimum atomic E-state index is -0.821. The van der Waals surface area contributed by atoms with Crippen LogP contribution < -0.4 is 0 Å². The molecule has 0 aliphatic heterocycles. The largest absolute Gasteiger partial charge is 0.462 e. The molecule has 1 unspecified atom stereocenters. The molecule has 0 radical (unpaired) electrons. The first-order valence-corrected chi connectivity index (χ1v) is 25.7. The predicted octanol–water partition coefficient (Wildman–Crippen LogP) is 17.1. The summed E-state index contributed by atoms with van der Waals surface area (Å²) >= 11 is 0. The topological polar surface area (TPSA) is 78.9 Å². The highest BCUT2D eigenvalue weighted by Gasteiger charge is 2.19. The molecule has 0 aliphatic rings. The number of carbonyl (C=O) groups excluding carboxylic acids is 3. The highest BCUT2D eigenvalue weighted by atomic mass is 16.6. The summed E-state index contributed by atoms with van der Waals surface area (Å²) in [7, 11) is 0. The molecule has 0 saturated carbocycles. The lowest BCUT2D eigenvalue weighted by atomic mass is 10.1. The summed E-state index contributed by atoms with van der Waals surface area (Å²) in [5.74, 6) is -1.02. The molecule has 0 saturated heterocycles. The van der Waals surface area contributed by atoms with Gasteiger partial charge in [0.05, 0.1) is 0 Å². The zero-order valence-electron chi connectivity index (χ0n) is 41.4. The number of hydrogen-bond acceptors (Lipinski definition) is 6. The molecule has 364 valence electrons. The highest BCUT2D eigenvalue weighted by molar-refractivity contribution is 5.71. The summed E-state index contributed by atoms with van der Waals surface area (Å²) in [6.07, 6.45) is 73.0. The van der Waals surface area contributed by atoms with Gasteiger partial charge in [-0.05, 0) is 128 Å². The van der Waals surface area contributed by atoms with Crippen LogP contribution in [0.1, 0.15) is 201 Å². The lowest BCUT2D eigenvalue weighted by Gasteiger charge is -2.18. The van der Waals surface area contributed by atoms with E-state index in [1.54, 1.807) is 0 Å². The van der Waals surface area contributed by atoms with Crippen LogP contribution in [0.3, 0.4) is 0 Å². The third-order valence-corrected chi connectivity index (χ3v) is 10.1. The zero-order valence-corrected chi connectivity index (χ0v) is 41.4. The second kappa shape index (κ2) is 52.2. The van der Waals surface area contributed by atoms with Crippen LogP contribution in [0.25, 0.3) is 0 Å². The zero-order chi connectivity index (χ0) is 47.2. The van der Waals surface area contributed by atoms with Gasteiger partial charge in [-0.15, -0.1) is 0 Å². The van der Waals surface area contributed by atoms with Crippen molar-refractivity contribution in [1.82, 2.24) is 0 Å². The molecule has 1 atom stereocenters. The van der Waals surface area contributed by atoms with Crippen molar-refractivity contribution in [2.75, 3.05) is 13.2 Å². The van der Waals surface area contributed by atoms with Gasteiger partial charge in [-0.2, -0.15) is 0 Å². The second-order valence-electron chi connectivity index (χ2n) is 16.3. The molecule has 6 nitrogen and oxygen atoms in total. The van der Waals surface area contributed by atoms with E-state index in [1.807, 2.05) is 0 Å². The van der Waals surface area contributed by atoms with Crippen LogP contribution >= 0.6 is 0 Å². The fourth-order valence-electron chi connectivity index (χ4n) is 6.32. The van der Waals surface area contributed by atoms with Crippen LogP contribution in [0.2, 0.25) is 0 Å².